The zero-order valence-corrected chi connectivity index (χ0v) is 11.4. The fourth-order valence-electron chi connectivity index (χ4n) is 1.51. The second-order valence-electron chi connectivity index (χ2n) is 4.21. The van der Waals surface area contributed by atoms with E-state index < -0.39 is 17.7 Å². The van der Waals surface area contributed by atoms with Crippen molar-refractivity contribution in [2.75, 3.05) is 5.75 Å². The first-order valence-corrected chi connectivity index (χ1v) is 6.73. The van der Waals surface area contributed by atoms with Gasteiger partial charge in [-0.3, -0.25) is 0 Å². The predicted molar refractivity (Wildman–Crippen MR) is 70.0 cm³/mol. The van der Waals surface area contributed by atoms with Gasteiger partial charge in [0.05, 0.1) is 5.69 Å². The van der Waals surface area contributed by atoms with Crippen molar-refractivity contribution in [1.82, 2.24) is 4.98 Å². The molecule has 0 bridgehead atoms. The molecule has 2 rings (SSSR count). The van der Waals surface area contributed by atoms with E-state index in [0.29, 0.717) is 16.5 Å². The average Bonchev–Trinajstić information content (AvgIpc) is 2.69. The van der Waals surface area contributed by atoms with Crippen LogP contribution in [-0.4, -0.2) is 10.7 Å². The van der Waals surface area contributed by atoms with Crippen LogP contribution in [0.5, 0.6) is 0 Å². The fraction of sp³-hybridized carbons (Fsp3) is 0.308. The normalized spacial score (nSPS) is 12.7. The maximum atomic E-state index is 13.1. The lowest BCUT2D eigenvalue weighted by atomic mass is 10.1. The Kier molecular flexibility index (Phi) is 4.21. The van der Waals surface area contributed by atoms with Crippen molar-refractivity contribution in [3.63, 3.8) is 0 Å². The van der Waals surface area contributed by atoms with Gasteiger partial charge in [0.25, 0.3) is 5.22 Å². The molecule has 6 heteroatoms. The summed E-state index contributed by atoms with van der Waals surface area (Å²) < 4.78 is 31.3. The summed E-state index contributed by atoms with van der Waals surface area (Å²) in [6.45, 7) is 3.69. The third kappa shape index (κ3) is 3.33. The molecule has 1 aromatic heterocycles. The van der Waals surface area contributed by atoms with E-state index in [1.54, 1.807) is 0 Å². The molecule has 102 valence electrons. The Labute approximate surface area is 114 Å². The lowest BCUT2D eigenvalue weighted by molar-refractivity contribution is 0.431. The molecule has 0 spiro atoms. The molecule has 0 saturated carbocycles. The van der Waals surface area contributed by atoms with Crippen LogP contribution in [0.25, 0.3) is 0 Å². The summed E-state index contributed by atoms with van der Waals surface area (Å²) in [6.07, 6.45) is 0. The van der Waals surface area contributed by atoms with Crippen LogP contribution in [0, 0.1) is 25.5 Å². The first kappa shape index (κ1) is 14.0. The monoisotopic (exact) mass is 284 g/mol. The van der Waals surface area contributed by atoms with Crippen LogP contribution in [0.15, 0.2) is 27.8 Å². The van der Waals surface area contributed by atoms with Crippen LogP contribution >= 0.6 is 11.8 Å². The topological polar surface area (TPSA) is 52.0 Å². The van der Waals surface area contributed by atoms with Crippen LogP contribution in [-0.2, 0) is 0 Å². The molecule has 1 unspecified atom stereocenters. The molecule has 0 radical (unpaired) electrons. The van der Waals surface area contributed by atoms with Crippen molar-refractivity contribution in [3.8, 4) is 0 Å². The highest BCUT2D eigenvalue weighted by molar-refractivity contribution is 7.99. The number of nitrogens with zero attached hydrogens (tertiary/aromatic N) is 1. The van der Waals surface area contributed by atoms with E-state index in [0.717, 1.165) is 23.6 Å². The van der Waals surface area contributed by atoms with E-state index in [1.807, 2.05) is 13.8 Å². The second kappa shape index (κ2) is 5.71. The maximum Gasteiger partial charge on any atom is 0.256 e. The minimum Gasteiger partial charge on any atom is -0.437 e. The van der Waals surface area contributed by atoms with E-state index in [9.17, 15) is 8.78 Å². The summed E-state index contributed by atoms with van der Waals surface area (Å²) in [5.74, 6) is -0.517. The zero-order valence-electron chi connectivity index (χ0n) is 10.6. The Balaban J connectivity index is 2.00. The van der Waals surface area contributed by atoms with Gasteiger partial charge in [0.2, 0.25) is 0 Å². The van der Waals surface area contributed by atoms with Gasteiger partial charge in [-0.1, -0.05) is 17.8 Å². The number of rotatable bonds is 4. The molecule has 0 aliphatic rings. The van der Waals surface area contributed by atoms with Crippen LogP contribution in [0.1, 0.15) is 23.1 Å². The first-order valence-electron chi connectivity index (χ1n) is 5.74. The van der Waals surface area contributed by atoms with Gasteiger partial charge in [0, 0.05) is 11.8 Å². The summed E-state index contributed by atoms with van der Waals surface area (Å²) in [7, 11) is 0. The summed E-state index contributed by atoms with van der Waals surface area (Å²) in [4.78, 5) is 4.21. The van der Waals surface area contributed by atoms with Gasteiger partial charge in [-0.25, -0.2) is 13.8 Å². The summed E-state index contributed by atoms with van der Waals surface area (Å²) in [5, 5.41) is 0.535. The molecule has 19 heavy (non-hydrogen) atoms. The van der Waals surface area contributed by atoms with E-state index in [-0.39, 0.29) is 0 Å². The van der Waals surface area contributed by atoms with E-state index in [2.05, 4.69) is 4.98 Å². The van der Waals surface area contributed by atoms with E-state index in [4.69, 9.17) is 10.2 Å². The largest absolute Gasteiger partial charge is 0.437 e. The minimum atomic E-state index is -0.888. The van der Waals surface area contributed by atoms with E-state index in [1.165, 1.54) is 17.8 Å². The van der Waals surface area contributed by atoms with Crippen molar-refractivity contribution in [2.24, 2.45) is 5.73 Å². The van der Waals surface area contributed by atoms with E-state index >= 15 is 0 Å². The highest BCUT2D eigenvalue weighted by atomic mass is 32.2. The second-order valence-corrected chi connectivity index (χ2v) is 5.18. The molecule has 3 nitrogen and oxygen atoms in total. The number of aromatic nitrogens is 1. The van der Waals surface area contributed by atoms with Crippen molar-refractivity contribution >= 4 is 11.8 Å². The quantitative estimate of drug-likeness (QED) is 0.875. The third-order valence-corrected chi connectivity index (χ3v) is 3.71. The number of aryl methyl sites for hydroxylation is 2. The molecular weight excluding hydrogens is 270 g/mol. The van der Waals surface area contributed by atoms with Gasteiger partial charge in [0.15, 0.2) is 11.6 Å². The third-order valence-electron chi connectivity index (χ3n) is 2.77. The lowest BCUT2D eigenvalue weighted by Crippen LogP contribution is -2.13. The van der Waals surface area contributed by atoms with Gasteiger partial charge in [0.1, 0.15) is 5.76 Å². The number of benzene rings is 1. The summed E-state index contributed by atoms with van der Waals surface area (Å²) >= 11 is 1.35. The van der Waals surface area contributed by atoms with Gasteiger partial charge in [-0.2, -0.15) is 0 Å². The summed E-state index contributed by atoms with van der Waals surface area (Å²) in [6, 6.07) is 3.27. The Morgan fingerprint density at radius 3 is 2.63 bits per heavy atom. The number of hydrogen-bond donors (Lipinski definition) is 1. The van der Waals surface area contributed by atoms with Crippen LogP contribution in [0.2, 0.25) is 0 Å². The van der Waals surface area contributed by atoms with Gasteiger partial charge >= 0.3 is 0 Å². The molecule has 1 aromatic carbocycles. The number of thioether (sulfide) groups is 1. The molecule has 2 aromatic rings. The highest BCUT2D eigenvalue weighted by Gasteiger charge is 2.13. The molecule has 0 aliphatic heterocycles. The minimum absolute atomic E-state index is 0.410. The number of hydrogen-bond acceptors (Lipinski definition) is 4. The standard InChI is InChI=1S/C13H14F2N2OS/c1-7-8(2)18-13(17-7)19-6-12(16)9-3-4-10(14)11(15)5-9/h3-5,12H,6,16H2,1-2H3. The average molecular weight is 284 g/mol. The molecule has 2 N–H and O–H groups in total. The molecular formula is C13H14F2N2OS. The SMILES string of the molecule is Cc1nc(SCC(N)c2ccc(F)c(F)c2)oc1C. The van der Waals surface area contributed by atoms with Gasteiger partial charge < -0.3 is 10.2 Å². The molecule has 1 atom stereocenters. The predicted octanol–water partition coefficient (Wildman–Crippen LogP) is 3.36. The smallest absolute Gasteiger partial charge is 0.256 e. The number of halogens is 2. The first-order chi connectivity index (χ1) is 8.97. The van der Waals surface area contributed by atoms with Crippen molar-refractivity contribution in [2.45, 2.75) is 25.1 Å². The van der Waals surface area contributed by atoms with Crippen LogP contribution in [0.4, 0.5) is 8.78 Å². The fourth-order valence-corrected chi connectivity index (χ4v) is 2.41. The lowest BCUT2D eigenvalue weighted by Gasteiger charge is -2.10. The maximum absolute atomic E-state index is 13.1. The zero-order chi connectivity index (χ0) is 14.0. The molecule has 0 saturated heterocycles. The number of nitrogens with two attached hydrogens (primary N) is 1. The molecule has 0 amide bonds. The molecule has 0 fully saturated rings. The van der Waals surface area contributed by atoms with Crippen LogP contribution in [0.3, 0.4) is 0 Å². The van der Waals surface area contributed by atoms with Crippen molar-refractivity contribution < 1.29 is 13.2 Å². The highest BCUT2D eigenvalue weighted by Crippen LogP contribution is 2.25. The number of oxazole rings is 1. The Bertz CT molecular complexity index is 567. The van der Waals surface area contributed by atoms with Gasteiger partial charge in [-0.05, 0) is 31.5 Å². The van der Waals surface area contributed by atoms with Crippen molar-refractivity contribution in [3.05, 3.63) is 46.9 Å². The Hall–Kier alpha value is -1.40. The Morgan fingerprint density at radius 1 is 1.32 bits per heavy atom. The Morgan fingerprint density at radius 2 is 2.05 bits per heavy atom. The molecule has 0 aliphatic carbocycles. The summed E-state index contributed by atoms with van der Waals surface area (Å²) in [5.41, 5.74) is 7.31. The molecule has 1 heterocycles. The van der Waals surface area contributed by atoms with Crippen LogP contribution < -0.4 is 5.73 Å². The van der Waals surface area contributed by atoms with Crippen molar-refractivity contribution in [1.29, 1.82) is 0 Å². The van der Waals surface area contributed by atoms with Gasteiger partial charge in [-0.15, -0.1) is 0 Å².